The Morgan fingerprint density at radius 2 is 1.95 bits per heavy atom. The number of aromatic nitrogens is 6. The molecule has 0 saturated heterocycles. The van der Waals surface area contributed by atoms with E-state index in [1.165, 1.54) is 11.3 Å². The number of hydrogen-bond donors (Lipinski definition) is 2. The highest BCUT2D eigenvalue weighted by atomic mass is 15.3. The number of fused-ring (bicyclic) bond motifs is 1. The highest BCUT2D eigenvalue weighted by molar-refractivity contribution is 5.86. The molecular weight excluding hydrogens is 280 g/mol. The van der Waals surface area contributed by atoms with Crippen LogP contribution in [0.4, 0.5) is 11.8 Å². The summed E-state index contributed by atoms with van der Waals surface area (Å²) in [6.07, 6.45) is 2.54. The number of rotatable bonds is 4. The van der Waals surface area contributed by atoms with Gasteiger partial charge in [0.2, 0.25) is 5.95 Å². The third-order valence-corrected chi connectivity index (χ3v) is 3.94. The van der Waals surface area contributed by atoms with Gasteiger partial charge < -0.3 is 11.1 Å². The van der Waals surface area contributed by atoms with E-state index >= 15 is 0 Å². The number of nitrogens with zero attached hydrogens (tertiary/aromatic N) is 6. The van der Waals surface area contributed by atoms with Crippen LogP contribution in [-0.2, 0) is 20.5 Å². The lowest BCUT2D eigenvalue weighted by Gasteiger charge is -2.07. The van der Waals surface area contributed by atoms with Crippen molar-refractivity contribution in [3.8, 4) is 0 Å². The normalized spacial score (nSPS) is 11.3. The van der Waals surface area contributed by atoms with Gasteiger partial charge in [0, 0.05) is 26.3 Å². The molecule has 0 aromatic carbocycles. The van der Waals surface area contributed by atoms with Gasteiger partial charge in [-0.3, -0.25) is 9.36 Å². The molecule has 8 nitrogen and oxygen atoms in total. The van der Waals surface area contributed by atoms with E-state index in [-0.39, 0.29) is 0 Å². The van der Waals surface area contributed by atoms with Gasteiger partial charge in [0.15, 0.2) is 5.65 Å². The zero-order chi connectivity index (χ0) is 15.9. The summed E-state index contributed by atoms with van der Waals surface area (Å²) >= 11 is 0. The Kier molecular flexibility index (Phi) is 3.44. The fraction of sp³-hybridized carbons (Fsp3) is 0.429. The molecule has 0 aliphatic carbocycles. The maximum atomic E-state index is 5.95. The molecule has 3 aromatic heterocycles. The molecule has 0 radical (unpaired) electrons. The fourth-order valence-electron chi connectivity index (χ4n) is 2.60. The summed E-state index contributed by atoms with van der Waals surface area (Å²) in [5, 5.41) is 12.6. The molecule has 0 bridgehead atoms. The van der Waals surface area contributed by atoms with Crippen LogP contribution in [0.15, 0.2) is 6.20 Å². The van der Waals surface area contributed by atoms with Crippen LogP contribution < -0.4 is 11.1 Å². The minimum Gasteiger partial charge on any atom is -0.383 e. The molecule has 0 saturated carbocycles. The summed E-state index contributed by atoms with van der Waals surface area (Å²) in [6, 6.07) is 0. The van der Waals surface area contributed by atoms with Crippen molar-refractivity contribution in [3.05, 3.63) is 23.1 Å². The van der Waals surface area contributed by atoms with Gasteiger partial charge in [-0.15, -0.1) is 0 Å². The number of aryl methyl sites for hydroxylation is 3. The highest BCUT2D eigenvalue weighted by Gasteiger charge is 2.11. The third kappa shape index (κ3) is 2.36. The number of nitrogens with one attached hydrogen (secondary N) is 1. The SMILES string of the molecule is Cc1nn(C)c(C)c1CCNc1nc(N)c2cnn(C)c2n1. The first kappa shape index (κ1) is 14.3. The zero-order valence-corrected chi connectivity index (χ0v) is 13.3. The molecule has 3 rings (SSSR count). The highest BCUT2D eigenvalue weighted by Crippen LogP contribution is 2.18. The van der Waals surface area contributed by atoms with Gasteiger partial charge in [0.1, 0.15) is 5.82 Å². The lowest BCUT2D eigenvalue weighted by molar-refractivity contribution is 0.730. The van der Waals surface area contributed by atoms with E-state index in [0.29, 0.717) is 11.8 Å². The Labute approximate surface area is 128 Å². The number of nitrogens with two attached hydrogens (primary N) is 1. The van der Waals surface area contributed by atoms with Gasteiger partial charge in [-0.2, -0.15) is 20.2 Å². The number of nitrogen functional groups attached to an aromatic ring is 1. The molecule has 0 atom stereocenters. The van der Waals surface area contributed by atoms with E-state index in [9.17, 15) is 0 Å². The third-order valence-electron chi connectivity index (χ3n) is 3.94. The van der Waals surface area contributed by atoms with Crippen molar-refractivity contribution in [1.29, 1.82) is 0 Å². The van der Waals surface area contributed by atoms with E-state index in [1.807, 2.05) is 25.7 Å². The minimum absolute atomic E-state index is 0.439. The first-order chi connectivity index (χ1) is 10.5. The van der Waals surface area contributed by atoms with Gasteiger partial charge >= 0.3 is 0 Å². The molecule has 8 heteroatoms. The van der Waals surface area contributed by atoms with E-state index in [2.05, 4.69) is 32.4 Å². The maximum absolute atomic E-state index is 5.95. The van der Waals surface area contributed by atoms with Crippen molar-refractivity contribution in [2.75, 3.05) is 17.6 Å². The minimum atomic E-state index is 0.439. The zero-order valence-electron chi connectivity index (χ0n) is 13.3. The summed E-state index contributed by atoms with van der Waals surface area (Å²) in [5.74, 6) is 0.960. The Hall–Kier alpha value is -2.64. The quantitative estimate of drug-likeness (QED) is 0.744. The van der Waals surface area contributed by atoms with Crippen LogP contribution in [0.25, 0.3) is 11.0 Å². The molecule has 0 aliphatic heterocycles. The second-order valence-electron chi connectivity index (χ2n) is 5.39. The van der Waals surface area contributed by atoms with Crippen molar-refractivity contribution in [1.82, 2.24) is 29.5 Å². The largest absolute Gasteiger partial charge is 0.383 e. The van der Waals surface area contributed by atoms with Gasteiger partial charge in [-0.1, -0.05) is 0 Å². The van der Waals surface area contributed by atoms with Crippen molar-refractivity contribution < 1.29 is 0 Å². The Bertz CT molecular complexity index is 829. The van der Waals surface area contributed by atoms with Crippen molar-refractivity contribution >= 4 is 22.8 Å². The van der Waals surface area contributed by atoms with E-state index in [4.69, 9.17) is 5.73 Å². The molecular formula is C14H20N8. The molecule has 0 aliphatic rings. The lowest BCUT2D eigenvalue weighted by atomic mass is 10.1. The summed E-state index contributed by atoms with van der Waals surface area (Å²) in [4.78, 5) is 8.73. The van der Waals surface area contributed by atoms with Gasteiger partial charge in [-0.05, 0) is 25.8 Å². The Morgan fingerprint density at radius 1 is 1.18 bits per heavy atom. The second kappa shape index (κ2) is 5.28. The van der Waals surface area contributed by atoms with Crippen molar-refractivity contribution in [2.45, 2.75) is 20.3 Å². The van der Waals surface area contributed by atoms with Gasteiger partial charge in [0.25, 0.3) is 0 Å². The first-order valence-corrected chi connectivity index (χ1v) is 7.15. The van der Waals surface area contributed by atoms with E-state index < -0.39 is 0 Å². The molecule has 0 spiro atoms. The average molecular weight is 300 g/mol. The van der Waals surface area contributed by atoms with Crippen molar-refractivity contribution in [2.24, 2.45) is 14.1 Å². The smallest absolute Gasteiger partial charge is 0.226 e. The molecule has 22 heavy (non-hydrogen) atoms. The maximum Gasteiger partial charge on any atom is 0.226 e. The van der Waals surface area contributed by atoms with Gasteiger partial charge in [0.05, 0.1) is 17.3 Å². The second-order valence-corrected chi connectivity index (χ2v) is 5.39. The molecule has 116 valence electrons. The molecule has 3 N–H and O–H groups in total. The molecule has 3 aromatic rings. The van der Waals surface area contributed by atoms with Crippen LogP contribution in [0.3, 0.4) is 0 Å². The van der Waals surface area contributed by atoms with Crippen LogP contribution in [0.1, 0.15) is 17.0 Å². The number of hydrogen-bond acceptors (Lipinski definition) is 6. The predicted octanol–water partition coefficient (Wildman–Crippen LogP) is 0.950. The van der Waals surface area contributed by atoms with Crippen LogP contribution in [0.5, 0.6) is 0 Å². The summed E-state index contributed by atoms with van der Waals surface area (Å²) in [7, 11) is 3.79. The Morgan fingerprint density at radius 3 is 2.64 bits per heavy atom. The fourth-order valence-corrected chi connectivity index (χ4v) is 2.60. The number of anilines is 2. The van der Waals surface area contributed by atoms with Crippen LogP contribution in [-0.4, -0.2) is 36.1 Å². The Balaban J connectivity index is 1.75. The van der Waals surface area contributed by atoms with Crippen LogP contribution in [0, 0.1) is 13.8 Å². The predicted molar refractivity (Wildman–Crippen MR) is 85.6 cm³/mol. The van der Waals surface area contributed by atoms with E-state index in [0.717, 1.165) is 29.7 Å². The van der Waals surface area contributed by atoms with Crippen LogP contribution in [0.2, 0.25) is 0 Å². The monoisotopic (exact) mass is 300 g/mol. The molecule has 0 fully saturated rings. The summed E-state index contributed by atoms with van der Waals surface area (Å²) in [6.45, 7) is 4.82. The van der Waals surface area contributed by atoms with Crippen molar-refractivity contribution in [3.63, 3.8) is 0 Å². The lowest BCUT2D eigenvalue weighted by Crippen LogP contribution is -2.10. The summed E-state index contributed by atoms with van der Waals surface area (Å²) < 4.78 is 3.59. The van der Waals surface area contributed by atoms with E-state index in [1.54, 1.807) is 10.9 Å². The summed E-state index contributed by atoms with van der Waals surface area (Å²) in [5.41, 5.74) is 10.2. The van der Waals surface area contributed by atoms with Gasteiger partial charge in [-0.25, -0.2) is 0 Å². The standard InChI is InChI=1S/C14H20N8/c1-8-10(9(2)21(3)20-8)5-6-16-14-18-12(15)11-7-17-22(4)13(11)19-14/h7H,5-6H2,1-4H3,(H3,15,16,18,19). The first-order valence-electron chi connectivity index (χ1n) is 7.15. The molecule has 0 unspecified atom stereocenters. The topological polar surface area (TPSA) is 99.5 Å². The average Bonchev–Trinajstić information content (AvgIpc) is 2.95. The van der Waals surface area contributed by atoms with Crippen LogP contribution >= 0.6 is 0 Å². The molecule has 0 amide bonds. The molecule has 3 heterocycles.